The van der Waals surface area contributed by atoms with E-state index in [4.69, 9.17) is 24.3 Å². The minimum atomic E-state index is -4.45. The predicted molar refractivity (Wildman–Crippen MR) is 239 cm³/mol. The van der Waals surface area contributed by atoms with Crippen LogP contribution in [-0.2, 0) is 32.7 Å². The van der Waals surface area contributed by atoms with Crippen LogP contribution in [0, 0.1) is 0 Å². The van der Waals surface area contributed by atoms with Gasteiger partial charge in [0.05, 0.1) is 19.3 Å². The highest BCUT2D eigenvalue weighted by Gasteiger charge is 2.26. The molecule has 10 nitrogen and oxygen atoms in total. The second kappa shape index (κ2) is 41.5. The van der Waals surface area contributed by atoms with Gasteiger partial charge in [0.2, 0.25) is 0 Å². The van der Waals surface area contributed by atoms with Gasteiger partial charge in [-0.3, -0.25) is 18.6 Å². The van der Waals surface area contributed by atoms with Crippen LogP contribution in [0.5, 0.6) is 0 Å². The van der Waals surface area contributed by atoms with Gasteiger partial charge in [-0.25, -0.2) is 4.57 Å². The van der Waals surface area contributed by atoms with Crippen molar-refractivity contribution in [2.75, 3.05) is 26.4 Å². The van der Waals surface area contributed by atoms with Gasteiger partial charge in [0.15, 0.2) is 6.10 Å². The third-order valence-electron chi connectivity index (χ3n) is 7.96. The van der Waals surface area contributed by atoms with Crippen LogP contribution in [0.15, 0.2) is 122 Å². The van der Waals surface area contributed by atoms with Gasteiger partial charge in [-0.2, -0.15) is 0 Å². The van der Waals surface area contributed by atoms with Crippen molar-refractivity contribution in [1.82, 2.24) is 0 Å². The van der Waals surface area contributed by atoms with Crippen molar-refractivity contribution in [3.63, 3.8) is 0 Å². The molecule has 0 aliphatic heterocycles. The van der Waals surface area contributed by atoms with Crippen molar-refractivity contribution in [1.29, 1.82) is 0 Å². The standard InChI is InChI=1S/C47H74NO9P/c1-3-5-7-9-11-13-15-17-19-21-23-25-27-29-31-33-35-37-47(51)57-45(43-56-58(52,53)55-41-40-48)42-54-46(50)39-38-44(49)36-34-32-30-28-26-24-22-20-18-16-14-12-10-8-6-4-2/h5-8,11-14,17-20,23-26,30,32,34,36,44-45,49H,3-4,9-10,15-16,21-22,27-29,31,33,35,37-43,48H2,1-2H3,(H,52,53)/b7-5-,8-6-,13-11-,14-12-,19-17-,20-18-,25-23-,26-24-,32-30-,36-34-/t44?,45-/m1/s1. The third kappa shape index (κ3) is 40.6. The molecule has 0 heterocycles. The molecule has 58 heavy (non-hydrogen) atoms. The Kier molecular flexibility index (Phi) is 38.9. The molecule has 4 N–H and O–H groups in total. The number of nitrogens with two attached hydrogens (primary N) is 1. The maximum atomic E-state index is 12.6. The van der Waals surface area contributed by atoms with E-state index in [1.807, 2.05) is 12.2 Å². The first-order chi connectivity index (χ1) is 28.2. The van der Waals surface area contributed by atoms with Crippen molar-refractivity contribution in [3.8, 4) is 0 Å². The van der Waals surface area contributed by atoms with Gasteiger partial charge < -0.3 is 25.2 Å². The van der Waals surface area contributed by atoms with Crippen LogP contribution < -0.4 is 5.73 Å². The number of ether oxygens (including phenoxy) is 2. The Labute approximate surface area is 350 Å². The minimum absolute atomic E-state index is 0.0107. The summed E-state index contributed by atoms with van der Waals surface area (Å²) in [4.78, 5) is 34.9. The molecular formula is C47H74NO9P. The molecule has 0 spiro atoms. The van der Waals surface area contributed by atoms with E-state index < -0.39 is 38.6 Å². The van der Waals surface area contributed by atoms with Crippen molar-refractivity contribution in [2.24, 2.45) is 5.73 Å². The maximum absolute atomic E-state index is 12.6. The maximum Gasteiger partial charge on any atom is 0.472 e. The fourth-order valence-electron chi connectivity index (χ4n) is 4.85. The zero-order chi connectivity index (χ0) is 42.6. The van der Waals surface area contributed by atoms with Gasteiger partial charge in [-0.15, -0.1) is 0 Å². The molecule has 0 aromatic rings. The summed E-state index contributed by atoms with van der Waals surface area (Å²) in [5.74, 6) is -1.15. The smallest absolute Gasteiger partial charge is 0.462 e. The molecule has 0 aliphatic rings. The molecule has 0 aliphatic carbocycles. The summed E-state index contributed by atoms with van der Waals surface area (Å²) in [7, 11) is -4.45. The first-order valence-electron chi connectivity index (χ1n) is 21.1. The van der Waals surface area contributed by atoms with Gasteiger partial charge >= 0.3 is 19.8 Å². The molecule has 0 radical (unpaired) electrons. The average molecular weight is 828 g/mol. The number of rotatable bonds is 37. The van der Waals surface area contributed by atoms with Crippen LogP contribution in [0.25, 0.3) is 0 Å². The summed E-state index contributed by atoms with van der Waals surface area (Å²) in [6, 6.07) is 0. The lowest BCUT2D eigenvalue weighted by Gasteiger charge is -2.20. The Hall–Kier alpha value is -3.63. The summed E-state index contributed by atoms with van der Waals surface area (Å²) in [6.45, 7) is 3.16. The van der Waals surface area contributed by atoms with E-state index in [1.54, 1.807) is 12.2 Å². The number of carbonyl (C=O) groups excluding carboxylic acids is 2. The number of aliphatic hydroxyl groups excluding tert-OH is 1. The van der Waals surface area contributed by atoms with E-state index in [9.17, 15) is 24.2 Å². The quantitative estimate of drug-likeness (QED) is 0.0181. The molecule has 3 atom stereocenters. The fraction of sp³-hybridized carbons (Fsp3) is 0.532. The van der Waals surface area contributed by atoms with Crippen LogP contribution in [0.2, 0.25) is 0 Å². The molecule has 2 unspecified atom stereocenters. The number of allylic oxidation sites excluding steroid dienone is 19. The highest BCUT2D eigenvalue weighted by atomic mass is 31.2. The molecule has 11 heteroatoms. The van der Waals surface area contributed by atoms with Crippen molar-refractivity contribution in [2.45, 2.75) is 135 Å². The zero-order valence-electron chi connectivity index (χ0n) is 35.3. The van der Waals surface area contributed by atoms with Gasteiger partial charge in [-0.1, -0.05) is 148 Å². The number of hydrogen-bond donors (Lipinski definition) is 3. The van der Waals surface area contributed by atoms with Crippen molar-refractivity contribution in [3.05, 3.63) is 122 Å². The second-order valence-electron chi connectivity index (χ2n) is 13.3. The van der Waals surface area contributed by atoms with E-state index in [0.29, 0.717) is 6.42 Å². The molecule has 0 rings (SSSR count). The highest BCUT2D eigenvalue weighted by molar-refractivity contribution is 7.47. The lowest BCUT2D eigenvalue weighted by molar-refractivity contribution is -0.161. The lowest BCUT2D eigenvalue weighted by atomic mass is 10.1. The average Bonchev–Trinajstić information content (AvgIpc) is 3.21. The summed E-state index contributed by atoms with van der Waals surface area (Å²) < 4.78 is 32.5. The van der Waals surface area contributed by atoms with Crippen LogP contribution in [0.4, 0.5) is 0 Å². The Morgan fingerprint density at radius 1 is 0.603 bits per heavy atom. The number of phosphoric ester groups is 1. The number of esters is 2. The molecular weight excluding hydrogens is 753 g/mol. The van der Waals surface area contributed by atoms with E-state index in [1.165, 1.54) is 0 Å². The van der Waals surface area contributed by atoms with Gasteiger partial charge in [0.25, 0.3) is 0 Å². The molecule has 326 valence electrons. The van der Waals surface area contributed by atoms with Gasteiger partial charge in [0, 0.05) is 19.4 Å². The Bertz CT molecular complexity index is 1370. The van der Waals surface area contributed by atoms with Crippen LogP contribution in [-0.4, -0.2) is 60.5 Å². The molecule has 0 saturated heterocycles. The van der Waals surface area contributed by atoms with E-state index >= 15 is 0 Å². The summed E-state index contributed by atoms with van der Waals surface area (Å²) in [5.41, 5.74) is 5.33. The summed E-state index contributed by atoms with van der Waals surface area (Å²) in [5, 5.41) is 10.3. The Morgan fingerprint density at radius 2 is 1.10 bits per heavy atom. The van der Waals surface area contributed by atoms with E-state index in [2.05, 4.69) is 111 Å². The minimum Gasteiger partial charge on any atom is -0.462 e. The van der Waals surface area contributed by atoms with Crippen LogP contribution in [0.1, 0.15) is 123 Å². The van der Waals surface area contributed by atoms with Gasteiger partial charge in [-0.05, 0) is 83.5 Å². The molecule has 0 amide bonds. The SMILES string of the molecule is CC/C=C\C/C=C\C/C=C\C/C=C\C/C=C\C=C/C(O)CCC(=O)OC[C@H](COP(=O)(O)OCCN)OC(=O)CCCCCC/C=C\C/C=C\C/C=C\C/C=C\CC. The molecule has 0 bridgehead atoms. The summed E-state index contributed by atoms with van der Waals surface area (Å²) >= 11 is 0. The molecule has 0 saturated carbocycles. The Morgan fingerprint density at radius 3 is 1.64 bits per heavy atom. The topological polar surface area (TPSA) is 155 Å². The number of aliphatic hydroxyl groups is 1. The number of phosphoric acid groups is 1. The molecule has 0 aromatic heterocycles. The number of unbranched alkanes of at least 4 members (excludes halogenated alkanes) is 4. The van der Waals surface area contributed by atoms with Crippen LogP contribution >= 0.6 is 7.82 Å². The summed E-state index contributed by atoms with van der Waals surface area (Å²) in [6.07, 6.45) is 52.7. The third-order valence-corrected chi connectivity index (χ3v) is 8.94. The first-order valence-corrected chi connectivity index (χ1v) is 22.6. The zero-order valence-corrected chi connectivity index (χ0v) is 36.2. The van der Waals surface area contributed by atoms with Gasteiger partial charge in [0.1, 0.15) is 6.61 Å². The normalized spacial score (nSPS) is 15.1. The second-order valence-corrected chi connectivity index (χ2v) is 14.7. The number of hydrogen-bond acceptors (Lipinski definition) is 9. The fourth-order valence-corrected chi connectivity index (χ4v) is 5.62. The molecule has 0 aromatic carbocycles. The lowest BCUT2D eigenvalue weighted by Crippen LogP contribution is -2.29. The predicted octanol–water partition coefficient (Wildman–Crippen LogP) is 11.1. The first kappa shape index (κ1) is 54.4. The van der Waals surface area contributed by atoms with E-state index in [0.717, 1.165) is 83.5 Å². The monoisotopic (exact) mass is 828 g/mol. The van der Waals surface area contributed by atoms with Crippen LogP contribution in [0.3, 0.4) is 0 Å². The van der Waals surface area contributed by atoms with Crippen molar-refractivity contribution >= 4 is 19.8 Å². The Balaban J connectivity index is 4.48. The van der Waals surface area contributed by atoms with Crippen molar-refractivity contribution < 1.29 is 42.7 Å². The molecule has 0 fully saturated rings. The largest absolute Gasteiger partial charge is 0.472 e. The number of carbonyl (C=O) groups is 2. The van der Waals surface area contributed by atoms with E-state index in [-0.39, 0.29) is 39.0 Å². The highest BCUT2D eigenvalue weighted by Crippen LogP contribution is 2.43.